The van der Waals surface area contributed by atoms with Crippen molar-refractivity contribution in [3.05, 3.63) is 334 Å². The van der Waals surface area contributed by atoms with Crippen LogP contribution in [0.5, 0.6) is 69.0 Å². The quantitative estimate of drug-likeness (QED) is 0.0543. The number of phenolic OH excluding ortho intramolecular Hbond substituents is 12. The molecule has 16 nitrogen and oxygen atoms in total. The summed E-state index contributed by atoms with van der Waals surface area (Å²) in [6.07, 6.45) is 0. The molecule has 0 saturated carbocycles. The molecular weight excluding hydrogens is 1410 g/mol. The van der Waals surface area contributed by atoms with Crippen molar-refractivity contribution in [1.82, 2.24) is 0 Å². The molecule has 16 N–H and O–H groups in total. The smallest absolute Gasteiger partial charge is 0.157 e. The molecule has 0 unspecified atom stereocenters. The minimum absolute atomic E-state index is 0.0339. The number of benzene rings is 18. The molecule has 0 spiro atoms. The average molecular weight is 1470 g/mol. The van der Waals surface area contributed by atoms with Crippen LogP contribution in [0.3, 0.4) is 0 Å². The van der Waals surface area contributed by atoms with Gasteiger partial charge in [-0.1, -0.05) is 146 Å². The zero-order valence-electron chi connectivity index (χ0n) is 58.6. The Kier molecular flexibility index (Phi) is 13.2. The SMILES string of the molecule is Oc1ccc2c(c1)C(O)(c1ccc3c(ccc4c(-c5c(O)ccc6c5ccc5cc(C7(O)c8cc(O)c(O)cc8C(O)(c8ccc9c(ccc%10c(-c%11c(O)ccc%12c%11ccc%11cc(C%13(O)c%14cc(O)ccc%14-c%14ccc(O)cc%14%13)ccc%11%12)c(O)ccc%109)c8)c8cc(O)c(O)cc87)ccc56)c(O)ccc43)c1)c1cc(O)ccc1-2. The summed E-state index contributed by atoms with van der Waals surface area (Å²) < 4.78 is 0. The standard InChI is InChI=1S/C96H60O16/c97-53-9-21-65-66-22-10-54(98)38-74(66)93(109,73(65)37-53)49-5-17-57-45(33-49)1-13-69-61(57)25-29-81(101)89(69)91-71-15-3-47-35-51(7-19-59(47)63(71)27-31-83(91)103)95(111)77-41-85(105)87(107)43-79(77)96(112,80-44-88(108)86(106)42-78(80)95)52-8-20-60-48(36-52)4-16-72-64(60)28-32-84(104)92(72)90-70-14-2-46-34-50(6-18-58(46)62(70)26-30-82(90)102)94(110)75-39-55(99)11-23-67(75)68-24-12-56(100)40-76(68)94/h1-44,97-112H. The fraction of sp³-hybridized carbons (Fsp3) is 0.0417. The van der Waals surface area contributed by atoms with E-state index in [1.54, 1.807) is 158 Å². The fourth-order valence-electron chi connectivity index (χ4n) is 18.9. The molecule has 540 valence electrons. The van der Waals surface area contributed by atoms with Crippen molar-refractivity contribution in [1.29, 1.82) is 0 Å². The van der Waals surface area contributed by atoms with E-state index in [0.717, 1.165) is 56.6 Å². The van der Waals surface area contributed by atoms with E-state index in [-0.39, 0.29) is 79.4 Å². The Labute approximate surface area is 634 Å². The lowest BCUT2D eigenvalue weighted by Crippen LogP contribution is -2.44. The lowest BCUT2D eigenvalue weighted by atomic mass is 9.63. The molecule has 0 bridgehead atoms. The Bertz CT molecular complexity index is 6790. The van der Waals surface area contributed by atoms with Crippen LogP contribution >= 0.6 is 0 Å². The Morgan fingerprint density at radius 2 is 0.348 bits per heavy atom. The maximum Gasteiger partial charge on any atom is 0.157 e. The van der Waals surface area contributed by atoms with E-state index in [9.17, 15) is 81.7 Å². The summed E-state index contributed by atoms with van der Waals surface area (Å²) in [5.74, 6) is -3.22. The van der Waals surface area contributed by atoms with Crippen LogP contribution in [0.1, 0.15) is 66.8 Å². The van der Waals surface area contributed by atoms with Gasteiger partial charge in [0, 0.05) is 66.8 Å². The van der Waals surface area contributed by atoms with Crippen LogP contribution in [-0.4, -0.2) is 81.7 Å². The van der Waals surface area contributed by atoms with Crippen LogP contribution in [0.15, 0.2) is 267 Å². The number of phenols is 12. The molecule has 0 aromatic heterocycles. The van der Waals surface area contributed by atoms with E-state index in [1.807, 2.05) is 48.5 Å². The average Bonchev–Trinajstić information content (AvgIpc) is 0.971. The zero-order chi connectivity index (χ0) is 76.8. The molecule has 0 aliphatic heterocycles. The summed E-state index contributed by atoms with van der Waals surface area (Å²) in [6, 6.07) is 73.0. The van der Waals surface area contributed by atoms with Crippen LogP contribution in [-0.2, 0) is 22.4 Å². The molecule has 21 rings (SSSR count). The summed E-state index contributed by atoms with van der Waals surface area (Å²) in [5.41, 5.74) is -1.32. The molecule has 3 aliphatic carbocycles. The van der Waals surface area contributed by atoms with Gasteiger partial charge in [0.05, 0.1) is 0 Å². The first-order valence-corrected chi connectivity index (χ1v) is 36.1. The summed E-state index contributed by atoms with van der Waals surface area (Å²) in [4.78, 5) is 0. The second kappa shape index (κ2) is 22.6. The minimum Gasteiger partial charge on any atom is -0.508 e. The van der Waals surface area contributed by atoms with Crippen LogP contribution in [0.4, 0.5) is 0 Å². The van der Waals surface area contributed by atoms with E-state index >= 15 is 0 Å². The van der Waals surface area contributed by atoms with Gasteiger partial charge in [-0.25, -0.2) is 0 Å². The van der Waals surface area contributed by atoms with Gasteiger partial charge in [-0.15, -0.1) is 0 Å². The normalized spacial score (nSPS) is 16.3. The molecule has 18 aromatic rings. The third-order valence-corrected chi connectivity index (χ3v) is 24.1. The van der Waals surface area contributed by atoms with Crippen LogP contribution < -0.4 is 0 Å². The van der Waals surface area contributed by atoms with Gasteiger partial charge >= 0.3 is 0 Å². The number of hydrogen-bond acceptors (Lipinski definition) is 16. The summed E-state index contributed by atoms with van der Waals surface area (Å²) in [6.45, 7) is 0. The first kappa shape index (κ1) is 65.7. The van der Waals surface area contributed by atoms with Crippen molar-refractivity contribution in [2.75, 3.05) is 0 Å². The van der Waals surface area contributed by atoms with Crippen molar-refractivity contribution < 1.29 is 81.7 Å². The second-order valence-corrected chi connectivity index (χ2v) is 29.8. The monoisotopic (exact) mass is 1470 g/mol. The highest BCUT2D eigenvalue weighted by Crippen LogP contribution is 2.61. The van der Waals surface area contributed by atoms with Gasteiger partial charge in [-0.05, 0) is 252 Å². The molecule has 0 amide bonds. The number of hydrogen-bond donors (Lipinski definition) is 16. The van der Waals surface area contributed by atoms with Gasteiger partial charge in [-0.2, -0.15) is 0 Å². The molecule has 0 fully saturated rings. The molecule has 0 heterocycles. The lowest BCUT2D eigenvalue weighted by molar-refractivity contribution is 0.0738. The van der Waals surface area contributed by atoms with Gasteiger partial charge in [0.1, 0.15) is 68.4 Å². The highest BCUT2D eigenvalue weighted by molar-refractivity contribution is 6.22. The third kappa shape index (κ3) is 8.67. The second-order valence-electron chi connectivity index (χ2n) is 29.8. The van der Waals surface area contributed by atoms with Crippen LogP contribution in [0.2, 0.25) is 0 Å². The highest BCUT2D eigenvalue weighted by atomic mass is 16.3. The predicted molar refractivity (Wildman–Crippen MR) is 429 cm³/mol. The third-order valence-electron chi connectivity index (χ3n) is 24.1. The van der Waals surface area contributed by atoms with Crippen LogP contribution in [0, 0.1) is 0 Å². The minimum atomic E-state index is -2.37. The Hall–Kier alpha value is -14.5. The predicted octanol–water partition coefficient (Wildman–Crippen LogP) is 18.1. The molecule has 3 aliphatic rings. The lowest BCUT2D eigenvalue weighted by Gasteiger charge is -2.45. The maximum absolute atomic E-state index is 13.9. The van der Waals surface area contributed by atoms with Crippen molar-refractivity contribution in [3.63, 3.8) is 0 Å². The fourth-order valence-corrected chi connectivity index (χ4v) is 18.9. The molecule has 0 saturated heterocycles. The number of fused-ring (bicyclic) bond motifs is 20. The highest BCUT2D eigenvalue weighted by Gasteiger charge is 2.53. The first-order chi connectivity index (χ1) is 53.9. The van der Waals surface area contributed by atoms with Crippen molar-refractivity contribution in [3.8, 4) is 114 Å². The summed E-state index contributed by atoms with van der Waals surface area (Å²) in [5, 5.41) is 201. The van der Waals surface area contributed by atoms with E-state index in [2.05, 4.69) is 0 Å². The zero-order valence-corrected chi connectivity index (χ0v) is 58.6. The Morgan fingerprint density at radius 3 is 0.571 bits per heavy atom. The number of aromatic hydroxyl groups is 12. The topological polar surface area (TPSA) is 324 Å². The van der Waals surface area contributed by atoms with Crippen molar-refractivity contribution >= 4 is 86.2 Å². The van der Waals surface area contributed by atoms with Gasteiger partial charge in [0.15, 0.2) is 23.0 Å². The summed E-state index contributed by atoms with van der Waals surface area (Å²) in [7, 11) is 0. The van der Waals surface area contributed by atoms with Crippen molar-refractivity contribution in [2.24, 2.45) is 0 Å². The van der Waals surface area contributed by atoms with E-state index < -0.39 is 45.4 Å². The number of aliphatic hydroxyl groups is 4. The van der Waals surface area contributed by atoms with E-state index in [4.69, 9.17) is 0 Å². The number of rotatable bonds is 6. The van der Waals surface area contributed by atoms with Gasteiger partial charge < -0.3 is 81.7 Å². The molecule has 0 radical (unpaired) electrons. The van der Waals surface area contributed by atoms with Gasteiger partial charge in [0.25, 0.3) is 0 Å². The van der Waals surface area contributed by atoms with Gasteiger partial charge in [0.2, 0.25) is 0 Å². The maximum atomic E-state index is 13.9. The Morgan fingerprint density at radius 1 is 0.152 bits per heavy atom. The van der Waals surface area contributed by atoms with Crippen molar-refractivity contribution in [2.45, 2.75) is 22.4 Å². The van der Waals surface area contributed by atoms with E-state index in [0.29, 0.717) is 132 Å². The summed E-state index contributed by atoms with van der Waals surface area (Å²) >= 11 is 0. The first-order valence-electron chi connectivity index (χ1n) is 36.1. The molecule has 16 heteroatoms. The molecule has 112 heavy (non-hydrogen) atoms. The molecule has 18 aromatic carbocycles. The van der Waals surface area contributed by atoms with Gasteiger partial charge in [-0.3, -0.25) is 0 Å². The van der Waals surface area contributed by atoms with Crippen LogP contribution in [0.25, 0.3) is 131 Å². The molecule has 0 atom stereocenters. The van der Waals surface area contributed by atoms with E-state index in [1.165, 1.54) is 36.4 Å². The largest absolute Gasteiger partial charge is 0.508 e. The molecular formula is C96H60O16. The Balaban J connectivity index is 0.655.